The van der Waals surface area contributed by atoms with E-state index in [2.05, 4.69) is 19.2 Å². The van der Waals surface area contributed by atoms with Crippen LogP contribution in [0.15, 0.2) is 0 Å². The van der Waals surface area contributed by atoms with Gasteiger partial charge < -0.3 is 10.1 Å². The van der Waals surface area contributed by atoms with Crippen molar-refractivity contribution in [3.8, 4) is 0 Å². The monoisotopic (exact) mass is 233 g/mol. The lowest BCUT2D eigenvalue weighted by atomic mass is 9.89. The summed E-state index contributed by atoms with van der Waals surface area (Å²) in [6.07, 6.45) is 5.46. The lowest BCUT2D eigenvalue weighted by molar-refractivity contribution is 0.0801. The summed E-state index contributed by atoms with van der Waals surface area (Å²) in [6.45, 7) is 6.93. The van der Waals surface area contributed by atoms with Crippen LogP contribution in [0.2, 0.25) is 0 Å². The molecule has 90 valence electrons. The fraction of sp³-hybridized carbons (Fsp3) is 1.00. The van der Waals surface area contributed by atoms with Crippen LogP contribution in [0.4, 0.5) is 0 Å². The summed E-state index contributed by atoms with van der Waals surface area (Å²) in [6, 6.07) is 0. The van der Waals surface area contributed by atoms with Crippen LogP contribution in [0.25, 0.3) is 0 Å². The molecule has 0 radical (unpaired) electrons. The maximum absolute atomic E-state index is 6.27. The molecule has 0 bridgehead atoms. The SMILES string of the molecule is CC(C)OCCNCC1CCCCC1Cl. The molecule has 0 heterocycles. The predicted octanol–water partition coefficient (Wildman–Crippen LogP) is 2.80. The fourth-order valence-electron chi connectivity index (χ4n) is 2.05. The van der Waals surface area contributed by atoms with Crippen molar-refractivity contribution in [3.63, 3.8) is 0 Å². The normalized spacial score (nSPS) is 27.2. The highest BCUT2D eigenvalue weighted by molar-refractivity contribution is 6.20. The van der Waals surface area contributed by atoms with Gasteiger partial charge in [0.25, 0.3) is 0 Å². The Labute approximate surface area is 98.7 Å². The zero-order valence-electron chi connectivity index (χ0n) is 9.97. The van der Waals surface area contributed by atoms with Gasteiger partial charge in [-0.3, -0.25) is 0 Å². The van der Waals surface area contributed by atoms with E-state index in [0.29, 0.717) is 17.4 Å². The van der Waals surface area contributed by atoms with Crippen LogP contribution in [0.5, 0.6) is 0 Å². The van der Waals surface area contributed by atoms with Gasteiger partial charge in [0.2, 0.25) is 0 Å². The minimum absolute atomic E-state index is 0.335. The smallest absolute Gasteiger partial charge is 0.0594 e. The summed E-state index contributed by atoms with van der Waals surface area (Å²) in [4.78, 5) is 0. The zero-order chi connectivity index (χ0) is 11.1. The van der Waals surface area contributed by atoms with E-state index in [4.69, 9.17) is 16.3 Å². The van der Waals surface area contributed by atoms with Crippen molar-refractivity contribution in [1.29, 1.82) is 0 Å². The Balaban J connectivity index is 1.99. The molecule has 0 amide bonds. The van der Waals surface area contributed by atoms with Crippen molar-refractivity contribution >= 4 is 11.6 Å². The standard InChI is InChI=1S/C12H24ClNO/c1-10(2)15-8-7-14-9-11-5-3-4-6-12(11)13/h10-12,14H,3-9H2,1-2H3. The first-order valence-corrected chi connectivity index (χ1v) is 6.60. The largest absolute Gasteiger partial charge is 0.377 e. The van der Waals surface area contributed by atoms with E-state index < -0.39 is 0 Å². The van der Waals surface area contributed by atoms with E-state index in [1.165, 1.54) is 25.7 Å². The number of ether oxygens (including phenoxy) is 1. The van der Waals surface area contributed by atoms with Gasteiger partial charge in [-0.15, -0.1) is 11.6 Å². The van der Waals surface area contributed by atoms with Gasteiger partial charge in [0.15, 0.2) is 0 Å². The molecular formula is C12H24ClNO. The van der Waals surface area contributed by atoms with Gasteiger partial charge in [0.05, 0.1) is 12.7 Å². The molecule has 0 aromatic rings. The third-order valence-corrected chi connectivity index (χ3v) is 3.53. The van der Waals surface area contributed by atoms with E-state index in [1.54, 1.807) is 0 Å². The number of hydrogen-bond acceptors (Lipinski definition) is 2. The summed E-state index contributed by atoms with van der Waals surface area (Å²) in [5, 5.41) is 3.82. The minimum atomic E-state index is 0.335. The average Bonchev–Trinajstić information content (AvgIpc) is 2.20. The molecule has 1 aliphatic carbocycles. The Kier molecular flexibility index (Phi) is 6.62. The molecule has 1 aliphatic rings. The number of halogens is 1. The molecule has 1 saturated carbocycles. The molecule has 0 aromatic heterocycles. The number of rotatable bonds is 6. The van der Waals surface area contributed by atoms with Crippen LogP contribution < -0.4 is 5.32 Å². The Bertz CT molecular complexity index is 164. The van der Waals surface area contributed by atoms with Crippen LogP contribution in [0.1, 0.15) is 39.5 Å². The molecule has 3 heteroatoms. The molecule has 0 spiro atoms. The summed E-state index contributed by atoms with van der Waals surface area (Å²) in [5.74, 6) is 0.666. The van der Waals surface area contributed by atoms with Gasteiger partial charge in [-0.1, -0.05) is 12.8 Å². The van der Waals surface area contributed by atoms with Crippen molar-refractivity contribution in [2.45, 2.75) is 51.0 Å². The molecule has 1 N–H and O–H groups in total. The van der Waals surface area contributed by atoms with Crippen molar-refractivity contribution in [1.82, 2.24) is 5.32 Å². The molecule has 0 saturated heterocycles. The second-order valence-electron chi connectivity index (χ2n) is 4.68. The molecular weight excluding hydrogens is 210 g/mol. The van der Waals surface area contributed by atoms with Crippen LogP contribution in [-0.4, -0.2) is 31.2 Å². The highest BCUT2D eigenvalue weighted by Gasteiger charge is 2.22. The Morgan fingerprint density at radius 3 is 2.73 bits per heavy atom. The summed E-state index contributed by atoms with van der Waals surface area (Å²) < 4.78 is 5.46. The summed E-state index contributed by atoms with van der Waals surface area (Å²) in [7, 11) is 0. The van der Waals surface area contributed by atoms with E-state index in [1.807, 2.05) is 0 Å². The second-order valence-corrected chi connectivity index (χ2v) is 5.24. The van der Waals surface area contributed by atoms with Gasteiger partial charge in [-0.2, -0.15) is 0 Å². The first-order valence-electron chi connectivity index (χ1n) is 6.16. The summed E-state index contributed by atoms with van der Waals surface area (Å²) in [5.41, 5.74) is 0. The van der Waals surface area contributed by atoms with E-state index in [-0.39, 0.29) is 0 Å². The molecule has 2 atom stereocenters. The van der Waals surface area contributed by atoms with Gasteiger partial charge >= 0.3 is 0 Å². The maximum atomic E-state index is 6.27. The molecule has 0 aliphatic heterocycles. The van der Waals surface area contributed by atoms with Gasteiger partial charge in [0.1, 0.15) is 0 Å². The van der Waals surface area contributed by atoms with E-state index >= 15 is 0 Å². The zero-order valence-corrected chi connectivity index (χ0v) is 10.7. The lowest BCUT2D eigenvalue weighted by Crippen LogP contribution is -2.33. The average molecular weight is 234 g/mol. The Morgan fingerprint density at radius 1 is 1.33 bits per heavy atom. The van der Waals surface area contributed by atoms with Gasteiger partial charge in [0, 0.05) is 11.9 Å². The van der Waals surface area contributed by atoms with Crippen LogP contribution in [0.3, 0.4) is 0 Å². The Hall–Kier alpha value is 0.210. The van der Waals surface area contributed by atoms with Crippen LogP contribution in [-0.2, 0) is 4.74 Å². The fourth-order valence-corrected chi connectivity index (χ4v) is 2.42. The molecule has 2 unspecified atom stereocenters. The molecule has 1 fully saturated rings. The third kappa shape index (κ3) is 5.74. The van der Waals surface area contributed by atoms with E-state index in [9.17, 15) is 0 Å². The Morgan fingerprint density at radius 2 is 2.07 bits per heavy atom. The first-order chi connectivity index (χ1) is 7.20. The van der Waals surface area contributed by atoms with Crippen molar-refractivity contribution in [2.24, 2.45) is 5.92 Å². The molecule has 1 rings (SSSR count). The van der Waals surface area contributed by atoms with Crippen LogP contribution >= 0.6 is 11.6 Å². The number of nitrogens with one attached hydrogen (secondary N) is 1. The number of alkyl halides is 1. The topological polar surface area (TPSA) is 21.3 Å². The van der Waals surface area contributed by atoms with Crippen LogP contribution in [0, 0.1) is 5.92 Å². The van der Waals surface area contributed by atoms with Gasteiger partial charge in [-0.25, -0.2) is 0 Å². The maximum Gasteiger partial charge on any atom is 0.0594 e. The predicted molar refractivity (Wildman–Crippen MR) is 65.6 cm³/mol. The molecule has 15 heavy (non-hydrogen) atoms. The summed E-state index contributed by atoms with van der Waals surface area (Å²) >= 11 is 6.27. The highest BCUT2D eigenvalue weighted by Crippen LogP contribution is 2.27. The lowest BCUT2D eigenvalue weighted by Gasteiger charge is -2.27. The second kappa shape index (κ2) is 7.48. The highest BCUT2D eigenvalue weighted by atomic mass is 35.5. The first kappa shape index (κ1) is 13.3. The van der Waals surface area contributed by atoms with E-state index in [0.717, 1.165) is 19.7 Å². The third-order valence-electron chi connectivity index (χ3n) is 2.95. The minimum Gasteiger partial charge on any atom is -0.377 e. The molecule has 0 aromatic carbocycles. The van der Waals surface area contributed by atoms with Crippen molar-refractivity contribution in [3.05, 3.63) is 0 Å². The molecule has 2 nitrogen and oxygen atoms in total. The van der Waals surface area contributed by atoms with Crippen molar-refractivity contribution in [2.75, 3.05) is 19.7 Å². The van der Waals surface area contributed by atoms with Gasteiger partial charge in [-0.05, 0) is 39.2 Å². The van der Waals surface area contributed by atoms with Crippen molar-refractivity contribution < 1.29 is 4.74 Å². The number of hydrogen-bond donors (Lipinski definition) is 1. The quantitative estimate of drug-likeness (QED) is 0.563.